The fraction of sp³-hybridized carbons (Fsp3) is 0.154. The number of nitrogens with zero attached hydrogens (tertiary/aromatic N) is 2. The maximum absolute atomic E-state index is 12.0. The monoisotopic (exact) mass is 243 g/mol. The van der Waals surface area contributed by atoms with E-state index in [9.17, 15) is 9.59 Å². The van der Waals surface area contributed by atoms with Crippen molar-refractivity contribution in [3.8, 4) is 0 Å². The van der Waals surface area contributed by atoms with Gasteiger partial charge in [0.05, 0.1) is 5.69 Å². The van der Waals surface area contributed by atoms with E-state index in [4.69, 9.17) is 0 Å². The molecule has 18 heavy (non-hydrogen) atoms. The maximum Gasteiger partial charge on any atom is 0.273 e. The summed E-state index contributed by atoms with van der Waals surface area (Å²) in [5.74, 6) is -0.225. The number of amides is 1. The molecule has 0 fully saturated rings. The lowest BCUT2D eigenvalue weighted by Crippen LogP contribution is -2.15. The molecule has 0 aliphatic carbocycles. The zero-order chi connectivity index (χ0) is 13.1. The van der Waals surface area contributed by atoms with Crippen LogP contribution < -0.4 is 5.32 Å². The summed E-state index contributed by atoms with van der Waals surface area (Å²) in [6.07, 6.45) is 0.760. The SMILES string of the molecule is Cc1cc(C(=O)Nc2ccc(C=O)cc2)n(C)n1. The Morgan fingerprint density at radius 3 is 2.50 bits per heavy atom. The molecule has 0 unspecified atom stereocenters. The van der Waals surface area contributed by atoms with E-state index in [1.54, 1.807) is 37.4 Å². The number of aromatic nitrogens is 2. The van der Waals surface area contributed by atoms with E-state index in [2.05, 4.69) is 10.4 Å². The van der Waals surface area contributed by atoms with E-state index in [1.165, 1.54) is 4.68 Å². The predicted octanol–water partition coefficient (Wildman–Crippen LogP) is 1.79. The third kappa shape index (κ3) is 2.45. The molecule has 1 N–H and O–H groups in total. The summed E-state index contributed by atoms with van der Waals surface area (Å²) in [6, 6.07) is 8.39. The molecule has 0 bridgehead atoms. The molecule has 2 aromatic rings. The first-order chi connectivity index (χ1) is 8.60. The number of aldehydes is 1. The number of anilines is 1. The molecule has 0 saturated carbocycles. The maximum atomic E-state index is 12.0. The van der Waals surface area contributed by atoms with Gasteiger partial charge in [-0.2, -0.15) is 5.10 Å². The molecule has 1 heterocycles. The second-order valence-electron chi connectivity index (χ2n) is 3.99. The zero-order valence-corrected chi connectivity index (χ0v) is 10.2. The normalized spacial score (nSPS) is 10.1. The van der Waals surface area contributed by atoms with E-state index in [1.807, 2.05) is 6.92 Å². The minimum Gasteiger partial charge on any atom is -0.321 e. The Kier molecular flexibility index (Phi) is 3.23. The van der Waals surface area contributed by atoms with Gasteiger partial charge < -0.3 is 5.32 Å². The van der Waals surface area contributed by atoms with Gasteiger partial charge in [0.1, 0.15) is 12.0 Å². The lowest BCUT2D eigenvalue weighted by molar-refractivity contribution is 0.101. The topological polar surface area (TPSA) is 64.0 Å². The largest absolute Gasteiger partial charge is 0.321 e. The minimum absolute atomic E-state index is 0.225. The average molecular weight is 243 g/mol. The molecule has 1 amide bonds. The van der Waals surface area contributed by atoms with E-state index < -0.39 is 0 Å². The highest BCUT2D eigenvalue weighted by atomic mass is 16.2. The van der Waals surface area contributed by atoms with Gasteiger partial charge in [-0.05, 0) is 37.3 Å². The van der Waals surface area contributed by atoms with Crippen LogP contribution >= 0.6 is 0 Å². The summed E-state index contributed by atoms with van der Waals surface area (Å²) in [7, 11) is 1.72. The Bertz CT molecular complexity index is 585. The second kappa shape index (κ2) is 4.83. The molecule has 0 aliphatic heterocycles. The van der Waals surface area contributed by atoms with Gasteiger partial charge in [-0.1, -0.05) is 0 Å². The van der Waals surface area contributed by atoms with Crippen LogP contribution in [0.1, 0.15) is 26.5 Å². The first kappa shape index (κ1) is 12.0. The Hall–Kier alpha value is -2.43. The Morgan fingerprint density at radius 1 is 1.33 bits per heavy atom. The standard InChI is InChI=1S/C13H13N3O2/c1-9-7-12(16(2)15-9)13(18)14-11-5-3-10(8-17)4-6-11/h3-8H,1-2H3,(H,14,18). The molecule has 5 heteroatoms. The number of aryl methyl sites for hydroxylation is 2. The van der Waals surface area contributed by atoms with Crippen molar-refractivity contribution in [1.82, 2.24) is 9.78 Å². The first-order valence-electron chi connectivity index (χ1n) is 5.47. The number of rotatable bonds is 3. The molecule has 0 aliphatic rings. The van der Waals surface area contributed by atoms with E-state index in [0.717, 1.165) is 12.0 Å². The van der Waals surface area contributed by atoms with Gasteiger partial charge in [0.2, 0.25) is 0 Å². The van der Waals surface area contributed by atoms with Crippen molar-refractivity contribution >= 4 is 17.9 Å². The van der Waals surface area contributed by atoms with Gasteiger partial charge in [-0.25, -0.2) is 0 Å². The molecular formula is C13H13N3O2. The molecule has 5 nitrogen and oxygen atoms in total. The summed E-state index contributed by atoms with van der Waals surface area (Å²) in [6.45, 7) is 1.83. The smallest absolute Gasteiger partial charge is 0.273 e. The molecule has 0 atom stereocenters. The van der Waals surface area contributed by atoms with Gasteiger partial charge >= 0.3 is 0 Å². The van der Waals surface area contributed by atoms with Crippen molar-refractivity contribution in [3.05, 3.63) is 47.3 Å². The lowest BCUT2D eigenvalue weighted by Gasteiger charge is -2.05. The van der Waals surface area contributed by atoms with E-state index >= 15 is 0 Å². The Balaban J connectivity index is 2.15. The van der Waals surface area contributed by atoms with Gasteiger partial charge in [-0.15, -0.1) is 0 Å². The summed E-state index contributed by atoms with van der Waals surface area (Å²) >= 11 is 0. The van der Waals surface area contributed by atoms with Gasteiger partial charge in [0, 0.05) is 18.3 Å². The van der Waals surface area contributed by atoms with Gasteiger partial charge in [-0.3, -0.25) is 14.3 Å². The van der Waals surface area contributed by atoms with E-state index in [0.29, 0.717) is 16.9 Å². The van der Waals surface area contributed by atoms with E-state index in [-0.39, 0.29) is 5.91 Å². The minimum atomic E-state index is -0.225. The zero-order valence-electron chi connectivity index (χ0n) is 10.2. The Morgan fingerprint density at radius 2 is 2.00 bits per heavy atom. The van der Waals surface area contributed by atoms with Crippen LogP contribution in [-0.2, 0) is 7.05 Å². The Labute approximate surface area is 104 Å². The third-order valence-corrected chi connectivity index (χ3v) is 2.54. The third-order valence-electron chi connectivity index (χ3n) is 2.54. The van der Waals surface area contributed by atoms with Crippen molar-refractivity contribution in [2.45, 2.75) is 6.92 Å². The van der Waals surface area contributed by atoms with Crippen molar-refractivity contribution in [1.29, 1.82) is 0 Å². The second-order valence-corrected chi connectivity index (χ2v) is 3.99. The van der Waals surface area contributed by atoms with Crippen LogP contribution in [0.2, 0.25) is 0 Å². The number of nitrogens with one attached hydrogen (secondary N) is 1. The molecule has 0 saturated heterocycles. The van der Waals surface area contributed by atoms with Crippen molar-refractivity contribution < 1.29 is 9.59 Å². The molecule has 0 spiro atoms. The molecule has 92 valence electrons. The van der Waals surface area contributed by atoms with Crippen LogP contribution in [0.5, 0.6) is 0 Å². The number of benzene rings is 1. The van der Waals surface area contributed by atoms with Crippen molar-refractivity contribution in [2.75, 3.05) is 5.32 Å². The lowest BCUT2D eigenvalue weighted by atomic mass is 10.2. The highest BCUT2D eigenvalue weighted by molar-refractivity contribution is 6.03. The number of hydrogen-bond donors (Lipinski definition) is 1. The van der Waals surface area contributed by atoms with Crippen LogP contribution in [-0.4, -0.2) is 22.0 Å². The summed E-state index contributed by atoms with van der Waals surface area (Å²) in [5.41, 5.74) is 2.50. The molecule has 1 aromatic heterocycles. The predicted molar refractivity (Wildman–Crippen MR) is 67.7 cm³/mol. The molecule has 2 rings (SSSR count). The fourth-order valence-corrected chi connectivity index (χ4v) is 1.66. The highest BCUT2D eigenvalue weighted by Crippen LogP contribution is 2.11. The summed E-state index contributed by atoms with van der Waals surface area (Å²) in [4.78, 5) is 22.5. The van der Waals surface area contributed by atoms with Crippen LogP contribution in [0.25, 0.3) is 0 Å². The van der Waals surface area contributed by atoms with Crippen molar-refractivity contribution in [2.24, 2.45) is 7.05 Å². The van der Waals surface area contributed by atoms with Crippen LogP contribution in [0.4, 0.5) is 5.69 Å². The van der Waals surface area contributed by atoms with Crippen molar-refractivity contribution in [3.63, 3.8) is 0 Å². The fourth-order valence-electron chi connectivity index (χ4n) is 1.66. The number of hydrogen-bond acceptors (Lipinski definition) is 3. The van der Waals surface area contributed by atoms with Gasteiger partial charge in [0.15, 0.2) is 0 Å². The van der Waals surface area contributed by atoms with Crippen LogP contribution in [0, 0.1) is 6.92 Å². The summed E-state index contributed by atoms with van der Waals surface area (Å²) in [5, 5.41) is 6.86. The van der Waals surface area contributed by atoms with Crippen LogP contribution in [0.3, 0.4) is 0 Å². The highest BCUT2D eigenvalue weighted by Gasteiger charge is 2.11. The number of carbonyl (C=O) groups is 2. The number of carbonyl (C=O) groups excluding carboxylic acids is 2. The van der Waals surface area contributed by atoms with Gasteiger partial charge in [0.25, 0.3) is 5.91 Å². The van der Waals surface area contributed by atoms with Crippen LogP contribution in [0.15, 0.2) is 30.3 Å². The molecule has 1 aromatic carbocycles. The quantitative estimate of drug-likeness (QED) is 0.836. The average Bonchev–Trinajstić information content (AvgIpc) is 2.69. The first-order valence-corrected chi connectivity index (χ1v) is 5.47. The molecule has 0 radical (unpaired) electrons. The summed E-state index contributed by atoms with van der Waals surface area (Å²) < 4.78 is 1.53. The molecular weight excluding hydrogens is 230 g/mol.